The maximum Gasteiger partial charge on any atom is 0.261 e. The van der Waals surface area contributed by atoms with Crippen molar-refractivity contribution in [1.29, 1.82) is 0 Å². The van der Waals surface area contributed by atoms with E-state index in [-0.39, 0.29) is 12.0 Å². The fraction of sp³-hybridized carbons (Fsp3) is 0.458. The van der Waals surface area contributed by atoms with Gasteiger partial charge >= 0.3 is 0 Å². The van der Waals surface area contributed by atoms with Gasteiger partial charge in [-0.25, -0.2) is 0 Å². The van der Waals surface area contributed by atoms with E-state index < -0.39 is 6.10 Å². The summed E-state index contributed by atoms with van der Waals surface area (Å²) in [6.07, 6.45) is 2.09. The van der Waals surface area contributed by atoms with Crippen molar-refractivity contribution in [1.82, 2.24) is 5.32 Å². The van der Waals surface area contributed by atoms with E-state index in [1.807, 2.05) is 58.9 Å². The summed E-state index contributed by atoms with van der Waals surface area (Å²) >= 11 is 0. The van der Waals surface area contributed by atoms with E-state index in [0.29, 0.717) is 13.0 Å². The first-order valence-corrected chi connectivity index (χ1v) is 10.2. The molecule has 0 bridgehead atoms. The van der Waals surface area contributed by atoms with Crippen LogP contribution in [0.4, 0.5) is 0 Å². The number of aryl methyl sites for hydroxylation is 3. The number of nitrogens with one attached hydrogen (secondary N) is 1. The van der Waals surface area contributed by atoms with Crippen molar-refractivity contribution in [3.63, 3.8) is 0 Å². The highest BCUT2D eigenvalue weighted by Gasteiger charge is 2.18. The second-order valence-corrected chi connectivity index (χ2v) is 7.49. The number of rotatable bonds is 10. The zero-order valence-electron chi connectivity index (χ0n) is 17.7. The van der Waals surface area contributed by atoms with E-state index in [4.69, 9.17) is 9.47 Å². The third kappa shape index (κ3) is 6.91. The quantitative estimate of drug-likeness (QED) is 0.588. The Kier molecular flexibility index (Phi) is 8.37. The summed E-state index contributed by atoms with van der Waals surface area (Å²) in [6.45, 7) is 10.7. The van der Waals surface area contributed by atoms with Gasteiger partial charge in [0.05, 0.1) is 6.10 Å². The van der Waals surface area contributed by atoms with Crippen LogP contribution in [0.25, 0.3) is 0 Å². The standard InChI is InChI=1S/C24H33NO3/c1-6-22(28-23-13-12-18(4)15-19(23)5)24(26)25-14-8-10-20-9-7-11-21(16-20)27-17(2)3/h7,9,11-13,15-17,22H,6,8,10,14H2,1-5H3,(H,25,26)/t22-/m1/s1. The summed E-state index contributed by atoms with van der Waals surface area (Å²) in [5.41, 5.74) is 3.45. The molecule has 0 aliphatic heterocycles. The molecule has 1 atom stereocenters. The molecule has 1 amide bonds. The highest BCUT2D eigenvalue weighted by Crippen LogP contribution is 2.21. The minimum Gasteiger partial charge on any atom is -0.491 e. The Bertz CT molecular complexity index is 770. The number of hydrogen-bond acceptors (Lipinski definition) is 3. The van der Waals surface area contributed by atoms with Crippen molar-refractivity contribution in [2.75, 3.05) is 6.54 Å². The number of ether oxygens (including phenoxy) is 2. The molecule has 28 heavy (non-hydrogen) atoms. The first-order chi connectivity index (χ1) is 13.4. The monoisotopic (exact) mass is 383 g/mol. The van der Waals surface area contributed by atoms with Gasteiger partial charge in [0.1, 0.15) is 11.5 Å². The lowest BCUT2D eigenvalue weighted by Gasteiger charge is -2.19. The van der Waals surface area contributed by atoms with Crippen molar-refractivity contribution in [3.05, 3.63) is 59.2 Å². The van der Waals surface area contributed by atoms with Gasteiger partial charge in [0, 0.05) is 6.54 Å². The average Bonchev–Trinajstić information content (AvgIpc) is 2.64. The van der Waals surface area contributed by atoms with Crippen LogP contribution in [-0.4, -0.2) is 24.7 Å². The van der Waals surface area contributed by atoms with E-state index in [0.717, 1.165) is 29.9 Å². The molecular weight excluding hydrogens is 350 g/mol. The van der Waals surface area contributed by atoms with Crippen LogP contribution in [0.2, 0.25) is 0 Å². The summed E-state index contributed by atoms with van der Waals surface area (Å²) < 4.78 is 11.7. The molecule has 0 spiro atoms. The summed E-state index contributed by atoms with van der Waals surface area (Å²) in [5, 5.41) is 3.01. The zero-order chi connectivity index (χ0) is 20.5. The molecule has 2 aromatic rings. The van der Waals surface area contributed by atoms with Gasteiger partial charge in [0.25, 0.3) is 5.91 Å². The Morgan fingerprint density at radius 1 is 1.07 bits per heavy atom. The molecule has 0 unspecified atom stereocenters. The van der Waals surface area contributed by atoms with Crippen LogP contribution >= 0.6 is 0 Å². The van der Waals surface area contributed by atoms with Crippen molar-refractivity contribution in [2.45, 2.75) is 66.1 Å². The van der Waals surface area contributed by atoms with Crippen LogP contribution < -0.4 is 14.8 Å². The smallest absolute Gasteiger partial charge is 0.261 e. The Balaban J connectivity index is 1.80. The van der Waals surface area contributed by atoms with Gasteiger partial charge in [-0.05, 0) is 76.3 Å². The van der Waals surface area contributed by atoms with E-state index in [1.54, 1.807) is 0 Å². The largest absolute Gasteiger partial charge is 0.491 e. The summed E-state index contributed by atoms with van der Waals surface area (Å²) in [7, 11) is 0. The van der Waals surface area contributed by atoms with Crippen molar-refractivity contribution < 1.29 is 14.3 Å². The molecule has 0 aromatic heterocycles. The molecule has 0 aliphatic carbocycles. The van der Waals surface area contributed by atoms with Crippen LogP contribution in [0.15, 0.2) is 42.5 Å². The van der Waals surface area contributed by atoms with Crippen molar-refractivity contribution in [2.24, 2.45) is 0 Å². The van der Waals surface area contributed by atoms with Crippen molar-refractivity contribution in [3.8, 4) is 11.5 Å². The predicted molar refractivity (Wildman–Crippen MR) is 114 cm³/mol. The fourth-order valence-electron chi connectivity index (χ4n) is 3.07. The van der Waals surface area contributed by atoms with Gasteiger partial charge in [0.15, 0.2) is 6.10 Å². The van der Waals surface area contributed by atoms with Crippen LogP contribution in [0.5, 0.6) is 11.5 Å². The van der Waals surface area contributed by atoms with Gasteiger partial charge in [-0.1, -0.05) is 36.8 Å². The summed E-state index contributed by atoms with van der Waals surface area (Å²) in [4.78, 5) is 12.5. The summed E-state index contributed by atoms with van der Waals surface area (Å²) in [5.74, 6) is 1.61. The van der Waals surface area contributed by atoms with E-state index in [2.05, 4.69) is 23.5 Å². The minimum atomic E-state index is -0.468. The minimum absolute atomic E-state index is 0.0561. The van der Waals surface area contributed by atoms with Gasteiger partial charge in [-0.15, -0.1) is 0 Å². The van der Waals surface area contributed by atoms with Crippen molar-refractivity contribution >= 4 is 5.91 Å². The lowest BCUT2D eigenvalue weighted by molar-refractivity contribution is -0.128. The third-order valence-corrected chi connectivity index (χ3v) is 4.47. The average molecular weight is 384 g/mol. The van der Waals surface area contributed by atoms with Crippen LogP contribution in [0.1, 0.15) is 50.3 Å². The Morgan fingerprint density at radius 3 is 2.54 bits per heavy atom. The Hall–Kier alpha value is -2.49. The molecule has 0 saturated heterocycles. The first-order valence-electron chi connectivity index (χ1n) is 10.2. The lowest BCUT2D eigenvalue weighted by atomic mass is 10.1. The molecule has 0 saturated carbocycles. The molecule has 4 nitrogen and oxygen atoms in total. The molecule has 0 radical (unpaired) electrons. The molecule has 2 rings (SSSR count). The molecule has 0 aliphatic rings. The molecular formula is C24H33NO3. The van der Waals surface area contributed by atoms with Crippen LogP contribution in [0, 0.1) is 13.8 Å². The zero-order valence-corrected chi connectivity index (χ0v) is 17.7. The second-order valence-electron chi connectivity index (χ2n) is 7.49. The van der Waals surface area contributed by atoms with Gasteiger partial charge in [-0.2, -0.15) is 0 Å². The maximum atomic E-state index is 12.5. The second kappa shape index (κ2) is 10.7. The Morgan fingerprint density at radius 2 is 1.86 bits per heavy atom. The molecule has 152 valence electrons. The van der Waals surface area contributed by atoms with Crippen LogP contribution in [-0.2, 0) is 11.2 Å². The van der Waals surface area contributed by atoms with Crippen LogP contribution in [0.3, 0.4) is 0 Å². The van der Waals surface area contributed by atoms with Gasteiger partial charge in [0.2, 0.25) is 0 Å². The molecule has 0 heterocycles. The predicted octanol–water partition coefficient (Wildman–Crippen LogP) is 5.00. The normalized spacial score (nSPS) is 11.9. The maximum absolute atomic E-state index is 12.5. The molecule has 4 heteroatoms. The van der Waals surface area contributed by atoms with E-state index in [9.17, 15) is 4.79 Å². The number of hydrogen-bond donors (Lipinski definition) is 1. The number of carbonyl (C=O) groups is 1. The number of amides is 1. The van der Waals surface area contributed by atoms with Gasteiger partial charge < -0.3 is 14.8 Å². The van der Waals surface area contributed by atoms with Gasteiger partial charge in [-0.3, -0.25) is 4.79 Å². The fourth-order valence-corrected chi connectivity index (χ4v) is 3.07. The SMILES string of the molecule is CC[C@@H](Oc1ccc(C)cc1C)C(=O)NCCCc1cccc(OC(C)C)c1. The summed E-state index contributed by atoms with van der Waals surface area (Å²) in [6, 6.07) is 14.2. The molecule has 2 aromatic carbocycles. The highest BCUT2D eigenvalue weighted by atomic mass is 16.5. The first kappa shape index (κ1) is 21.8. The van der Waals surface area contributed by atoms with E-state index >= 15 is 0 Å². The topological polar surface area (TPSA) is 47.6 Å². The highest BCUT2D eigenvalue weighted by molar-refractivity contribution is 5.81. The third-order valence-electron chi connectivity index (χ3n) is 4.47. The van der Waals surface area contributed by atoms with E-state index in [1.165, 1.54) is 11.1 Å². The Labute approximate surface area is 169 Å². The lowest BCUT2D eigenvalue weighted by Crippen LogP contribution is -2.38. The number of benzene rings is 2. The number of carbonyl (C=O) groups excluding carboxylic acids is 1. The molecule has 1 N–H and O–H groups in total. The molecule has 0 fully saturated rings.